The molecule has 0 aliphatic rings. The Kier molecular flexibility index (Phi) is 3.85. The first-order valence-corrected chi connectivity index (χ1v) is 4.60. The summed E-state index contributed by atoms with van der Waals surface area (Å²) in [5.74, 6) is -1.60. The Labute approximate surface area is 76.9 Å². The molecule has 0 bridgehead atoms. The number of carboxylic acid groups (broad SMARTS) is 1. The molecule has 0 saturated carbocycles. The maximum Gasteiger partial charge on any atom is 0.511 e. The SMILES string of the molecule is N[C@@H](CNS(=O)(=O)C(F)(F)F)C(=O)O. The van der Waals surface area contributed by atoms with Gasteiger partial charge in [-0.15, -0.1) is 0 Å². The topological polar surface area (TPSA) is 109 Å². The molecule has 0 aromatic rings. The summed E-state index contributed by atoms with van der Waals surface area (Å²) in [6, 6.07) is -1.72. The number of carbonyl (C=O) groups is 1. The van der Waals surface area contributed by atoms with Crippen LogP contribution in [0.3, 0.4) is 0 Å². The van der Waals surface area contributed by atoms with Crippen molar-refractivity contribution in [2.45, 2.75) is 11.6 Å². The molecular formula is C4H7F3N2O4S. The lowest BCUT2D eigenvalue weighted by Crippen LogP contribution is -2.46. The van der Waals surface area contributed by atoms with Crippen LogP contribution >= 0.6 is 0 Å². The number of hydrogen-bond acceptors (Lipinski definition) is 4. The second-order valence-electron chi connectivity index (χ2n) is 2.24. The number of rotatable bonds is 4. The van der Waals surface area contributed by atoms with Crippen LogP contribution in [0.2, 0.25) is 0 Å². The normalized spacial score (nSPS) is 15.1. The summed E-state index contributed by atoms with van der Waals surface area (Å²) >= 11 is 0. The van der Waals surface area contributed by atoms with E-state index in [0.717, 1.165) is 4.72 Å². The fraction of sp³-hybridized carbons (Fsp3) is 0.750. The third-order valence-corrected chi connectivity index (χ3v) is 2.27. The van der Waals surface area contributed by atoms with Gasteiger partial charge in [0.25, 0.3) is 0 Å². The van der Waals surface area contributed by atoms with Gasteiger partial charge in [-0.25, -0.2) is 13.1 Å². The number of aliphatic carboxylic acids is 1. The van der Waals surface area contributed by atoms with Crippen LogP contribution in [0.1, 0.15) is 0 Å². The molecular weight excluding hydrogens is 229 g/mol. The van der Waals surface area contributed by atoms with Crippen LogP contribution in [0.15, 0.2) is 0 Å². The van der Waals surface area contributed by atoms with E-state index in [4.69, 9.17) is 10.8 Å². The zero-order valence-electron chi connectivity index (χ0n) is 6.58. The maximum absolute atomic E-state index is 11.6. The first kappa shape index (κ1) is 13.1. The number of alkyl halides is 3. The van der Waals surface area contributed by atoms with E-state index in [-0.39, 0.29) is 0 Å². The third-order valence-electron chi connectivity index (χ3n) is 1.12. The Bertz CT molecular complexity index is 311. The summed E-state index contributed by atoms with van der Waals surface area (Å²) in [5, 5.41) is 8.14. The molecule has 4 N–H and O–H groups in total. The van der Waals surface area contributed by atoms with E-state index in [0.29, 0.717) is 0 Å². The minimum absolute atomic E-state index is 1.02. The molecule has 6 nitrogen and oxygen atoms in total. The lowest BCUT2D eigenvalue weighted by Gasteiger charge is -2.10. The van der Waals surface area contributed by atoms with Crippen molar-refractivity contribution in [2.75, 3.05) is 6.54 Å². The molecule has 1 atom stereocenters. The van der Waals surface area contributed by atoms with Gasteiger partial charge in [-0.3, -0.25) is 4.79 Å². The van der Waals surface area contributed by atoms with Crippen molar-refractivity contribution in [3.63, 3.8) is 0 Å². The number of hydrogen-bond donors (Lipinski definition) is 3. The van der Waals surface area contributed by atoms with Crippen LogP contribution in [0.4, 0.5) is 13.2 Å². The fourth-order valence-corrected chi connectivity index (χ4v) is 0.931. The first-order valence-electron chi connectivity index (χ1n) is 3.12. The van der Waals surface area contributed by atoms with Crippen molar-refractivity contribution >= 4 is 16.0 Å². The molecule has 0 aliphatic carbocycles. The zero-order chi connectivity index (χ0) is 11.6. The highest BCUT2D eigenvalue weighted by atomic mass is 32.2. The predicted molar refractivity (Wildman–Crippen MR) is 38.6 cm³/mol. The Hall–Kier alpha value is -0.870. The van der Waals surface area contributed by atoms with Gasteiger partial charge >= 0.3 is 21.5 Å². The summed E-state index contributed by atoms with van der Waals surface area (Å²) in [4.78, 5) is 10.0. The molecule has 0 unspecified atom stereocenters. The van der Waals surface area contributed by atoms with Crippen molar-refractivity contribution < 1.29 is 31.5 Å². The van der Waals surface area contributed by atoms with Crippen molar-refractivity contribution in [3.05, 3.63) is 0 Å². The number of halogens is 3. The van der Waals surface area contributed by atoms with Gasteiger partial charge in [-0.1, -0.05) is 0 Å². The zero-order valence-corrected chi connectivity index (χ0v) is 7.39. The smallest absolute Gasteiger partial charge is 0.480 e. The van der Waals surface area contributed by atoms with Crippen LogP contribution in [0, 0.1) is 0 Å². The summed E-state index contributed by atoms with van der Waals surface area (Å²) < 4.78 is 56.5. The highest BCUT2D eigenvalue weighted by Gasteiger charge is 2.45. The Balaban J connectivity index is 4.36. The average Bonchev–Trinajstić information content (AvgIpc) is 1.97. The van der Waals surface area contributed by atoms with Gasteiger partial charge < -0.3 is 10.8 Å². The molecule has 0 saturated heterocycles. The number of sulfonamides is 1. The maximum atomic E-state index is 11.6. The summed E-state index contributed by atoms with van der Waals surface area (Å²) in [6.07, 6.45) is 0. The molecule has 0 fully saturated rings. The molecule has 10 heteroatoms. The lowest BCUT2D eigenvalue weighted by atomic mass is 10.3. The van der Waals surface area contributed by atoms with Crippen molar-refractivity contribution in [2.24, 2.45) is 5.73 Å². The quantitative estimate of drug-likeness (QED) is 0.570. The average molecular weight is 236 g/mol. The van der Waals surface area contributed by atoms with Crippen LogP contribution in [0.25, 0.3) is 0 Å². The minimum atomic E-state index is -5.52. The molecule has 0 radical (unpaired) electrons. The van der Waals surface area contributed by atoms with Gasteiger partial charge in [0.05, 0.1) is 0 Å². The molecule has 0 aromatic heterocycles. The highest BCUT2D eigenvalue weighted by Crippen LogP contribution is 2.21. The van der Waals surface area contributed by atoms with E-state index in [1.807, 2.05) is 0 Å². The standard InChI is InChI=1S/C4H7F3N2O4S/c5-4(6,7)14(12,13)9-1-2(8)3(10)11/h2,9H,1,8H2,(H,10,11)/t2-/m0/s1. The molecule has 84 valence electrons. The monoisotopic (exact) mass is 236 g/mol. The van der Waals surface area contributed by atoms with Gasteiger partial charge in [0.15, 0.2) is 0 Å². The van der Waals surface area contributed by atoms with Gasteiger partial charge in [0.1, 0.15) is 6.04 Å². The number of nitrogens with two attached hydrogens (primary N) is 1. The van der Waals surface area contributed by atoms with Crippen LogP contribution < -0.4 is 10.5 Å². The van der Waals surface area contributed by atoms with Crippen molar-refractivity contribution in [3.8, 4) is 0 Å². The molecule has 0 aliphatic heterocycles. The lowest BCUT2D eigenvalue weighted by molar-refractivity contribution is -0.138. The molecule has 0 rings (SSSR count). The van der Waals surface area contributed by atoms with E-state index in [9.17, 15) is 26.4 Å². The van der Waals surface area contributed by atoms with E-state index in [2.05, 4.69) is 0 Å². The Morgan fingerprint density at radius 1 is 1.50 bits per heavy atom. The molecule has 0 aromatic carbocycles. The van der Waals surface area contributed by atoms with Gasteiger partial charge in [-0.2, -0.15) is 13.2 Å². The third kappa shape index (κ3) is 3.47. The van der Waals surface area contributed by atoms with Gasteiger partial charge in [0.2, 0.25) is 0 Å². The van der Waals surface area contributed by atoms with E-state index in [1.54, 1.807) is 0 Å². The predicted octanol–water partition coefficient (Wildman–Crippen LogP) is -1.16. The molecule has 0 amide bonds. The summed E-state index contributed by atoms with van der Waals surface area (Å²) in [5.41, 5.74) is -0.694. The van der Waals surface area contributed by atoms with Crippen LogP contribution in [-0.2, 0) is 14.8 Å². The second-order valence-corrected chi connectivity index (χ2v) is 4.00. The van der Waals surface area contributed by atoms with Crippen LogP contribution in [0.5, 0.6) is 0 Å². The summed E-state index contributed by atoms with van der Waals surface area (Å²) in [7, 11) is -5.52. The number of carboxylic acids is 1. The Morgan fingerprint density at radius 2 is 1.93 bits per heavy atom. The fourth-order valence-electron chi connectivity index (χ4n) is 0.369. The number of nitrogens with one attached hydrogen (secondary N) is 1. The molecule has 0 heterocycles. The molecule has 14 heavy (non-hydrogen) atoms. The minimum Gasteiger partial charge on any atom is -0.480 e. The van der Waals surface area contributed by atoms with Crippen molar-refractivity contribution in [1.82, 2.24) is 4.72 Å². The van der Waals surface area contributed by atoms with E-state index < -0.39 is 34.1 Å². The summed E-state index contributed by atoms with van der Waals surface area (Å²) in [6.45, 7) is -1.02. The second kappa shape index (κ2) is 4.11. The van der Waals surface area contributed by atoms with E-state index >= 15 is 0 Å². The van der Waals surface area contributed by atoms with E-state index in [1.165, 1.54) is 0 Å². The first-order chi connectivity index (χ1) is 6.08. The van der Waals surface area contributed by atoms with Crippen molar-refractivity contribution in [1.29, 1.82) is 0 Å². The highest BCUT2D eigenvalue weighted by molar-refractivity contribution is 7.90. The van der Waals surface area contributed by atoms with Gasteiger partial charge in [0, 0.05) is 6.54 Å². The molecule has 0 spiro atoms. The Morgan fingerprint density at radius 3 is 2.21 bits per heavy atom. The van der Waals surface area contributed by atoms with Gasteiger partial charge in [-0.05, 0) is 0 Å². The van der Waals surface area contributed by atoms with Crippen LogP contribution in [-0.4, -0.2) is 37.6 Å². The largest absolute Gasteiger partial charge is 0.511 e.